The van der Waals surface area contributed by atoms with Crippen molar-refractivity contribution < 1.29 is 13.2 Å². The summed E-state index contributed by atoms with van der Waals surface area (Å²) in [5.74, 6) is -0.374. The highest BCUT2D eigenvalue weighted by atomic mass is 32.2. The topological polar surface area (TPSA) is 66.5 Å². The molecule has 0 aliphatic carbocycles. The molecule has 0 saturated carbocycles. The smallest absolute Gasteiger partial charge is 0.264 e. The number of carbonyl (C=O) groups excluding carboxylic acids is 1. The molecule has 3 rings (SSSR count). The summed E-state index contributed by atoms with van der Waals surface area (Å²) < 4.78 is 28.1. The van der Waals surface area contributed by atoms with Crippen molar-refractivity contribution in [3.63, 3.8) is 0 Å². The number of hydrogen-bond acceptors (Lipinski definition) is 4. The number of carbonyl (C=O) groups is 1. The molecule has 3 aromatic carbocycles. The third-order valence-corrected chi connectivity index (χ3v) is 7.47. The van der Waals surface area contributed by atoms with Gasteiger partial charge in [-0.15, -0.1) is 11.8 Å². The predicted octanol–water partition coefficient (Wildman–Crippen LogP) is 4.79. The molecule has 0 unspecified atom stereocenters. The number of nitrogens with one attached hydrogen (secondary N) is 1. The van der Waals surface area contributed by atoms with Gasteiger partial charge in [-0.05, 0) is 62.1 Å². The van der Waals surface area contributed by atoms with Crippen LogP contribution >= 0.6 is 11.8 Å². The minimum Gasteiger partial charge on any atom is -0.348 e. The van der Waals surface area contributed by atoms with Crippen molar-refractivity contribution in [1.29, 1.82) is 0 Å². The second kappa shape index (κ2) is 10.0. The van der Waals surface area contributed by atoms with Crippen LogP contribution in [0.1, 0.15) is 24.1 Å². The van der Waals surface area contributed by atoms with Crippen LogP contribution < -0.4 is 9.62 Å². The average molecular weight is 455 g/mol. The lowest BCUT2D eigenvalue weighted by Crippen LogP contribution is -2.41. The zero-order valence-corrected chi connectivity index (χ0v) is 19.4. The molecule has 0 aliphatic heterocycles. The van der Waals surface area contributed by atoms with Crippen molar-refractivity contribution in [2.45, 2.75) is 29.7 Å². The van der Waals surface area contributed by atoms with Crippen molar-refractivity contribution in [2.24, 2.45) is 0 Å². The summed E-state index contributed by atoms with van der Waals surface area (Å²) in [5.41, 5.74) is 2.41. The summed E-state index contributed by atoms with van der Waals surface area (Å²) in [6.45, 7) is 3.49. The van der Waals surface area contributed by atoms with E-state index in [9.17, 15) is 13.2 Å². The third kappa shape index (κ3) is 5.68. The molecule has 0 radical (unpaired) electrons. The highest BCUT2D eigenvalue weighted by Crippen LogP contribution is 2.26. The normalized spacial score (nSPS) is 12.2. The van der Waals surface area contributed by atoms with Crippen LogP contribution in [0.15, 0.2) is 88.7 Å². The van der Waals surface area contributed by atoms with E-state index in [1.54, 1.807) is 36.4 Å². The van der Waals surface area contributed by atoms with E-state index in [0.717, 1.165) is 20.3 Å². The summed E-state index contributed by atoms with van der Waals surface area (Å²) >= 11 is 1.54. The quantitative estimate of drug-likeness (QED) is 0.497. The first kappa shape index (κ1) is 22.9. The molecule has 1 N–H and O–H groups in total. The van der Waals surface area contributed by atoms with Crippen LogP contribution in [0.3, 0.4) is 0 Å². The van der Waals surface area contributed by atoms with E-state index in [1.807, 2.05) is 62.6 Å². The van der Waals surface area contributed by atoms with Gasteiger partial charge in [-0.3, -0.25) is 9.10 Å². The van der Waals surface area contributed by atoms with E-state index < -0.39 is 10.0 Å². The third-order valence-electron chi connectivity index (χ3n) is 4.93. The Hall–Kier alpha value is -2.77. The van der Waals surface area contributed by atoms with E-state index in [-0.39, 0.29) is 23.4 Å². The zero-order chi connectivity index (χ0) is 22.4. The molecule has 0 saturated heterocycles. The molecule has 0 aliphatic rings. The second-order valence-electron chi connectivity index (χ2n) is 7.22. The molecule has 0 fully saturated rings. The van der Waals surface area contributed by atoms with Crippen molar-refractivity contribution in [1.82, 2.24) is 5.32 Å². The number of aryl methyl sites for hydroxylation is 1. The zero-order valence-electron chi connectivity index (χ0n) is 17.8. The molecular weight excluding hydrogens is 428 g/mol. The standard InChI is InChI=1S/C24H26N2O3S2/c1-18-9-11-21(12-10-18)26(31(28,29)23-15-13-22(30-3)14-16-23)17-24(27)25-19(2)20-7-5-4-6-8-20/h4-16,19H,17H2,1-3H3,(H,25,27)/t19-/m1/s1. The number of nitrogens with zero attached hydrogens (tertiary/aromatic N) is 1. The SMILES string of the molecule is CSc1ccc(S(=O)(=O)N(CC(=O)N[C@H](C)c2ccccc2)c2ccc(C)cc2)cc1. The van der Waals surface area contributed by atoms with Gasteiger partial charge in [0.2, 0.25) is 5.91 Å². The Morgan fingerprint density at radius 3 is 2.16 bits per heavy atom. The van der Waals surface area contributed by atoms with E-state index in [2.05, 4.69) is 5.32 Å². The van der Waals surface area contributed by atoms with E-state index in [4.69, 9.17) is 0 Å². The van der Waals surface area contributed by atoms with Gasteiger partial charge in [-0.25, -0.2) is 8.42 Å². The van der Waals surface area contributed by atoms with Gasteiger partial charge in [0.25, 0.3) is 10.0 Å². The Bertz CT molecular complexity index is 1110. The number of amides is 1. The summed E-state index contributed by atoms with van der Waals surface area (Å²) in [6, 6.07) is 23.1. The van der Waals surface area contributed by atoms with Crippen molar-refractivity contribution >= 4 is 33.4 Å². The van der Waals surface area contributed by atoms with E-state index in [0.29, 0.717) is 5.69 Å². The van der Waals surface area contributed by atoms with Gasteiger partial charge in [0.05, 0.1) is 16.6 Å². The lowest BCUT2D eigenvalue weighted by Gasteiger charge is -2.25. The Kier molecular flexibility index (Phi) is 7.41. The maximum absolute atomic E-state index is 13.4. The lowest BCUT2D eigenvalue weighted by molar-refractivity contribution is -0.120. The Morgan fingerprint density at radius 1 is 0.968 bits per heavy atom. The molecule has 0 spiro atoms. The first-order chi connectivity index (χ1) is 14.8. The van der Waals surface area contributed by atoms with Gasteiger partial charge in [0.1, 0.15) is 6.54 Å². The summed E-state index contributed by atoms with van der Waals surface area (Å²) in [7, 11) is -3.92. The number of thioether (sulfide) groups is 1. The maximum atomic E-state index is 13.4. The van der Waals surface area contributed by atoms with Crippen molar-refractivity contribution in [2.75, 3.05) is 17.1 Å². The van der Waals surface area contributed by atoms with Crippen LogP contribution in [0.2, 0.25) is 0 Å². The number of benzene rings is 3. The fourth-order valence-corrected chi connectivity index (χ4v) is 4.97. The Labute approximate surface area is 188 Å². The fraction of sp³-hybridized carbons (Fsp3) is 0.208. The first-order valence-corrected chi connectivity index (χ1v) is 12.6. The number of rotatable bonds is 8. The fourth-order valence-electron chi connectivity index (χ4n) is 3.14. The lowest BCUT2D eigenvalue weighted by atomic mass is 10.1. The number of sulfonamides is 1. The van der Waals surface area contributed by atoms with Gasteiger partial charge >= 0.3 is 0 Å². The summed E-state index contributed by atoms with van der Waals surface area (Å²) in [5, 5.41) is 2.90. The summed E-state index contributed by atoms with van der Waals surface area (Å²) in [6.07, 6.45) is 1.93. The van der Waals surface area contributed by atoms with Crippen LogP contribution in [-0.4, -0.2) is 27.1 Å². The number of anilines is 1. The van der Waals surface area contributed by atoms with Gasteiger partial charge in [-0.2, -0.15) is 0 Å². The van der Waals surface area contributed by atoms with Crippen molar-refractivity contribution in [3.05, 3.63) is 90.0 Å². The highest BCUT2D eigenvalue weighted by molar-refractivity contribution is 7.98. The molecule has 7 heteroatoms. The Morgan fingerprint density at radius 2 is 1.58 bits per heavy atom. The van der Waals surface area contributed by atoms with Gasteiger partial charge in [-0.1, -0.05) is 48.0 Å². The monoisotopic (exact) mass is 454 g/mol. The van der Waals surface area contributed by atoms with E-state index in [1.165, 1.54) is 11.8 Å². The first-order valence-electron chi connectivity index (χ1n) is 9.89. The van der Waals surface area contributed by atoms with Crippen LogP contribution in [-0.2, 0) is 14.8 Å². The van der Waals surface area contributed by atoms with Crippen LogP contribution in [0.25, 0.3) is 0 Å². The van der Waals surface area contributed by atoms with Gasteiger partial charge in [0.15, 0.2) is 0 Å². The predicted molar refractivity (Wildman–Crippen MR) is 127 cm³/mol. The highest BCUT2D eigenvalue weighted by Gasteiger charge is 2.27. The van der Waals surface area contributed by atoms with Crippen LogP contribution in [0, 0.1) is 6.92 Å². The minimum absolute atomic E-state index is 0.148. The Balaban J connectivity index is 1.89. The average Bonchev–Trinajstić information content (AvgIpc) is 2.78. The molecule has 31 heavy (non-hydrogen) atoms. The second-order valence-corrected chi connectivity index (χ2v) is 9.96. The molecular formula is C24H26N2O3S2. The van der Waals surface area contributed by atoms with Crippen LogP contribution in [0.5, 0.6) is 0 Å². The maximum Gasteiger partial charge on any atom is 0.264 e. The van der Waals surface area contributed by atoms with Crippen LogP contribution in [0.4, 0.5) is 5.69 Å². The van der Waals surface area contributed by atoms with Gasteiger partial charge < -0.3 is 5.32 Å². The summed E-state index contributed by atoms with van der Waals surface area (Å²) in [4.78, 5) is 14.0. The van der Waals surface area contributed by atoms with Crippen molar-refractivity contribution in [3.8, 4) is 0 Å². The molecule has 0 aromatic heterocycles. The van der Waals surface area contributed by atoms with E-state index >= 15 is 0 Å². The minimum atomic E-state index is -3.92. The molecule has 1 amide bonds. The molecule has 0 heterocycles. The molecule has 5 nitrogen and oxygen atoms in total. The number of hydrogen-bond donors (Lipinski definition) is 1. The molecule has 3 aromatic rings. The molecule has 0 bridgehead atoms. The van der Waals surface area contributed by atoms with Gasteiger partial charge in [0, 0.05) is 4.90 Å². The molecule has 1 atom stereocenters. The largest absolute Gasteiger partial charge is 0.348 e. The molecule has 162 valence electrons.